The highest BCUT2D eigenvalue weighted by atomic mass is 15.1. The number of H-pyrrole nitrogens is 1. The van der Waals surface area contributed by atoms with Crippen LogP contribution in [-0.2, 0) is 0 Å². The number of hydrogen-bond acceptors (Lipinski definition) is 4. The molecule has 0 aliphatic carbocycles. The first-order chi connectivity index (χ1) is 11.3. The van der Waals surface area contributed by atoms with E-state index < -0.39 is 0 Å². The van der Waals surface area contributed by atoms with Gasteiger partial charge in [0.15, 0.2) is 0 Å². The quantitative estimate of drug-likeness (QED) is 0.700. The molecule has 0 bridgehead atoms. The van der Waals surface area contributed by atoms with E-state index in [2.05, 4.69) is 37.4 Å². The molecule has 0 saturated carbocycles. The number of allylic oxidation sites excluding steroid dienone is 2. The number of rotatable bonds is 5. The predicted molar refractivity (Wildman–Crippen MR) is 94.2 cm³/mol. The molecule has 116 valence electrons. The highest BCUT2D eigenvalue weighted by Crippen LogP contribution is 2.26. The average molecular weight is 305 g/mol. The SMILES string of the molecule is C/C=C\C(=C/C)CNc1nccc(-c2c[nH]c3ncccc23)n1. The van der Waals surface area contributed by atoms with Gasteiger partial charge in [0.05, 0.1) is 5.69 Å². The molecule has 0 radical (unpaired) electrons. The van der Waals surface area contributed by atoms with Crippen molar-refractivity contribution in [3.05, 3.63) is 60.6 Å². The summed E-state index contributed by atoms with van der Waals surface area (Å²) in [6, 6.07) is 5.87. The molecule has 0 aliphatic heterocycles. The number of aromatic amines is 1. The third-order valence-electron chi connectivity index (χ3n) is 3.58. The van der Waals surface area contributed by atoms with Gasteiger partial charge in [-0.1, -0.05) is 18.2 Å². The van der Waals surface area contributed by atoms with Crippen LogP contribution in [0.4, 0.5) is 5.95 Å². The molecule has 3 aromatic rings. The zero-order chi connectivity index (χ0) is 16.1. The van der Waals surface area contributed by atoms with Crippen LogP contribution in [-0.4, -0.2) is 26.5 Å². The fourth-order valence-corrected chi connectivity index (χ4v) is 2.41. The molecule has 0 atom stereocenters. The second-order valence-corrected chi connectivity index (χ2v) is 5.08. The standard InChI is InChI=1S/C18H19N5/c1-3-6-13(4-2)11-22-18-20-10-8-16(23-18)15-12-21-17-14(15)7-5-9-19-17/h3-10,12H,11H2,1-2H3,(H,19,21)(H,20,22,23)/b6-3-,13-4+. The molecular weight excluding hydrogens is 286 g/mol. The molecule has 23 heavy (non-hydrogen) atoms. The van der Waals surface area contributed by atoms with Gasteiger partial charge in [-0.2, -0.15) is 0 Å². The van der Waals surface area contributed by atoms with Gasteiger partial charge in [0.2, 0.25) is 5.95 Å². The van der Waals surface area contributed by atoms with Crippen LogP contribution in [0.15, 0.2) is 60.6 Å². The number of nitrogens with zero attached hydrogens (tertiary/aromatic N) is 3. The van der Waals surface area contributed by atoms with E-state index in [1.54, 1.807) is 12.4 Å². The molecule has 3 rings (SSSR count). The van der Waals surface area contributed by atoms with E-state index in [1.165, 1.54) is 5.57 Å². The summed E-state index contributed by atoms with van der Waals surface area (Å²) >= 11 is 0. The largest absolute Gasteiger partial charge is 0.350 e. The smallest absolute Gasteiger partial charge is 0.223 e. The van der Waals surface area contributed by atoms with Gasteiger partial charge in [0.25, 0.3) is 0 Å². The zero-order valence-electron chi connectivity index (χ0n) is 13.2. The highest BCUT2D eigenvalue weighted by Gasteiger charge is 2.08. The molecule has 5 heteroatoms. The number of aromatic nitrogens is 4. The van der Waals surface area contributed by atoms with Crippen LogP contribution in [0.25, 0.3) is 22.3 Å². The molecule has 2 N–H and O–H groups in total. The molecule has 0 spiro atoms. The third-order valence-corrected chi connectivity index (χ3v) is 3.58. The molecule has 5 nitrogen and oxygen atoms in total. The van der Waals surface area contributed by atoms with E-state index >= 15 is 0 Å². The van der Waals surface area contributed by atoms with Crippen molar-refractivity contribution < 1.29 is 0 Å². The Hall–Kier alpha value is -2.95. The van der Waals surface area contributed by atoms with Crippen molar-refractivity contribution >= 4 is 17.0 Å². The Morgan fingerprint density at radius 1 is 1.22 bits per heavy atom. The van der Waals surface area contributed by atoms with Crippen molar-refractivity contribution in [1.29, 1.82) is 0 Å². The van der Waals surface area contributed by atoms with Gasteiger partial charge in [-0.15, -0.1) is 0 Å². The minimum atomic E-state index is 0.615. The van der Waals surface area contributed by atoms with E-state index in [4.69, 9.17) is 0 Å². The Kier molecular flexibility index (Phi) is 4.47. The van der Waals surface area contributed by atoms with Crippen molar-refractivity contribution in [3.63, 3.8) is 0 Å². The molecule has 0 aliphatic rings. The highest BCUT2D eigenvalue weighted by molar-refractivity contribution is 5.92. The van der Waals surface area contributed by atoms with Gasteiger partial charge in [-0.05, 0) is 37.6 Å². The van der Waals surface area contributed by atoms with Gasteiger partial charge in [0.1, 0.15) is 5.65 Å². The molecule has 0 amide bonds. The van der Waals surface area contributed by atoms with E-state index in [0.717, 1.165) is 22.3 Å². The summed E-state index contributed by atoms with van der Waals surface area (Å²) in [5, 5.41) is 4.32. The van der Waals surface area contributed by atoms with Crippen molar-refractivity contribution in [2.45, 2.75) is 13.8 Å². The lowest BCUT2D eigenvalue weighted by molar-refractivity contribution is 1.11. The maximum absolute atomic E-state index is 4.61. The van der Waals surface area contributed by atoms with Crippen molar-refractivity contribution in [1.82, 2.24) is 19.9 Å². The van der Waals surface area contributed by atoms with Gasteiger partial charge in [-0.25, -0.2) is 15.0 Å². The maximum atomic E-state index is 4.61. The van der Waals surface area contributed by atoms with Crippen LogP contribution in [0.5, 0.6) is 0 Å². The summed E-state index contributed by atoms with van der Waals surface area (Å²) in [7, 11) is 0. The summed E-state index contributed by atoms with van der Waals surface area (Å²) < 4.78 is 0. The molecule has 0 unspecified atom stereocenters. The normalized spacial score (nSPS) is 12.2. The topological polar surface area (TPSA) is 66.5 Å². The van der Waals surface area contributed by atoms with Gasteiger partial charge in [0, 0.05) is 36.1 Å². The molecular formula is C18H19N5. The zero-order valence-corrected chi connectivity index (χ0v) is 13.2. The maximum Gasteiger partial charge on any atom is 0.223 e. The van der Waals surface area contributed by atoms with E-state index in [9.17, 15) is 0 Å². The van der Waals surface area contributed by atoms with Crippen molar-refractivity contribution in [3.8, 4) is 11.3 Å². The lowest BCUT2D eigenvalue weighted by atomic mass is 10.1. The Labute approximate surface area is 135 Å². The second kappa shape index (κ2) is 6.87. The number of hydrogen-bond donors (Lipinski definition) is 2. The average Bonchev–Trinajstić information content (AvgIpc) is 3.03. The summed E-state index contributed by atoms with van der Waals surface area (Å²) in [6.45, 7) is 4.72. The summed E-state index contributed by atoms with van der Waals surface area (Å²) in [5.74, 6) is 0.615. The van der Waals surface area contributed by atoms with Crippen LogP contribution in [0.3, 0.4) is 0 Å². The van der Waals surface area contributed by atoms with Crippen molar-refractivity contribution in [2.75, 3.05) is 11.9 Å². The Morgan fingerprint density at radius 3 is 2.96 bits per heavy atom. The monoisotopic (exact) mass is 305 g/mol. The first kappa shape index (κ1) is 15.0. The van der Waals surface area contributed by atoms with E-state index in [0.29, 0.717) is 12.5 Å². The van der Waals surface area contributed by atoms with Gasteiger partial charge in [-0.3, -0.25) is 0 Å². The minimum Gasteiger partial charge on any atom is -0.350 e. The Balaban J connectivity index is 1.85. The molecule has 0 saturated heterocycles. The molecule has 3 heterocycles. The van der Waals surface area contributed by atoms with Crippen LogP contribution < -0.4 is 5.32 Å². The molecule has 0 aromatic carbocycles. The number of nitrogens with one attached hydrogen (secondary N) is 2. The number of pyridine rings is 1. The summed E-state index contributed by atoms with van der Waals surface area (Å²) in [4.78, 5) is 16.4. The fraction of sp³-hybridized carbons (Fsp3) is 0.167. The van der Waals surface area contributed by atoms with Gasteiger partial charge >= 0.3 is 0 Å². The van der Waals surface area contributed by atoms with Crippen LogP contribution in [0, 0.1) is 0 Å². The first-order valence-electron chi connectivity index (χ1n) is 7.59. The molecule has 3 aromatic heterocycles. The third kappa shape index (κ3) is 3.29. The van der Waals surface area contributed by atoms with Gasteiger partial charge < -0.3 is 10.3 Å². The fourth-order valence-electron chi connectivity index (χ4n) is 2.41. The predicted octanol–water partition coefficient (Wildman–Crippen LogP) is 3.95. The van der Waals surface area contributed by atoms with E-state index in [1.807, 2.05) is 44.3 Å². The van der Waals surface area contributed by atoms with Crippen molar-refractivity contribution in [2.24, 2.45) is 0 Å². The summed E-state index contributed by atoms with van der Waals surface area (Å²) in [5.41, 5.74) is 3.95. The van der Waals surface area contributed by atoms with Crippen LogP contribution in [0.2, 0.25) is 0 Å². The Bertz CT molecular complexity index is 860. The lowest BCUT2D eigenvalue weighted by Gasteiger charge is -2.06. The first-order valence-corrected chi connectivity index (χ1v) is 7.59. The minimum absolute atomic E-state index is 0.615. The van der Waals surface area contributed by atoms with Crippen LogP contribution in [0.1, 0.15) is 13.8 Å². The Morgan fingerprint density at radius 2 is 2.13 bits per heavy atom. The molecule has 0 fully saturated rings. The van der Waals surface area contributed by atoms with E-state index in [-0.39, 0.29) is 0 Å². The van der Waals surface area contributed by atoms with Crippen LogP contribution >= 0.6 is 0 Å². The second-order valence-electron chi connectivity index (χ2n) is 5.08. The number of anilines is 1. The number of fused-ring (bicyclic) bond motifs is 1. The lowest BCUT2D eigenvalue weighted by Crippen LogP contribution is -2.07. The summed E-state index contributed by atoms with van der Waals surface area (Å²) in [6.07, 6.45) is 11.6.